The molecule has 2 heterocycles. The van der Waals surface area contributed by atoms with E-state index in [0.29, 0.717) is 25.2 Å². The quantitative estimate of drug-likeness (QED) is 0.836. The maximum atomic E-state index is 12.7. The molecule has 1 aromatic heterocycles. The fourth-order valence-corrected chi connectivity index (χ4v) is 4.03. The van der Waals surface area contributed by atoms with E-state index in [-0.39, 0.29) is 10.8 Å². The minimum Gasteiger partial charge on any atom is -0.368 e. The summed E-state index contributed by atoms with van der Waals surface area (Å²) >= 11 is 0. The van der Waals surface area contributed by atoms with Gasteiger partial charge in [-0.3, -0.25) is 4.79 Å². The van der Waals surface area contributed by atoms with Crippen LogP contribution in [-0.4, -0.2) is 51.9 Å². The molecule has 0 saturated carbocycles. The average Bonchev–Trinajstić information content (AvgIpc) is 2.68. The van der Waals surface area contributed by atoms with Gasteiger partial charge in [0.25, 0.3) is 5.91 Å². The number of hydrogen-bond acceptors (Lipinski definition) is 4. The molecule has 0 unspecified atom stereocenters. The number of anilines is 1. The Balaban J connectivity index is 1.64. The van der Waals surface area contributed by atoms with Crippen LogP contribution in [0.15, 0.2) is 53.7 Å². The number of aromatic amines is 1. The second-order valence-corrected chi connectivity index (χ2v) is 7.83. The van der Waals surface area contributed by atoms with Gasteiger partial charge in [0, 0.05) is 56.1 Å². The molecule has 7 nitrogen and oxygen atoms in total. The lowest BCUT2D eigenvalue weighted by Gasteiger charge is -2.35. The lowest BCUT2D eigenvalue weighted by Crippen LogP contribution is -2.48. The van der Waals surface area contributed by atoms with Crippen LogP contribution >= 0.6 is 0 Å². The van der Waals surface area contributed by atoms with Gasteiger partial charge < -0.3 is 9.80 Å². The van der Waals surface area contributed by atoms with Crippen LogP contribution in [0, 0.1) is 0 Å². The number of amides is 1. The second kappa shape index (κ2) is 7.84. The number of piperazine rings is 1. The van der Waals surface area contributed by atoms with Crippen LogP contribution in [0.1, 0.15) is 17.3 Å². The molecule has 1 aliphatic rings. The summed E-state index contributed by atoms with van der Waals surface area (Å²) in [5, 5.41) is 0. The normalized spacial score (nSPS) is 15.1. The lowest BCUT2D eigenvalue weighted by atomic mass is 10.2. The van der Waals surface area contributed by atoms with Crippen molar-refractivity contribution in [2.24, 2.45) is 0 Å². The number of H-pyrrole nitrogens is 1. The van der Waals surface area contributed by atoms with Gasteiger partial charge in [0.1, 0.15) is 0 Å². The van der Waals surface area contributed by atoms with Crippen molar-refractivity contribution in [2.75, 3.05) is 37.6 Å². The Morgan fingerprint density at radius 3 is 2.23 bits per heavy atom. The topological polar surface area (TPSA) is 83.9 Å². The number of pyridine rings is 1. The zero-order chi connectivity index (χ0) is 18.6. The Labute approximate surface area is 153 Å². The summed E-state index contributed by atoms with van der Waals surface area (Å²) in [6, 6.07) is 10.1. The second-order valence-electron chi connectivity index (χ2n) is 6.06. The van der Waals surface area contributed by atoms with Crippen molar-refractivity contribution in [3.8, 4) is 0 Å². The van der Waals surface area contributed by atoms with Gasteiger partial charge >= 0.3 is 0 Å². The Morgan fingerprint density at radius 1 is 1.04 bits per heavy atom. The highest BCUT2D eigenvalue weighted by molar-refractivity contribution is 7.89. The molecule has 26 heavy (non-hydrogen) atoms. The number of carbonyl (C=O) groups excluding carboxylic acids is 1. The third-order valence-electron chi connectivity index (χ3n) is 4.38. The molecule has 1 aromatic carbocycles. The van der Waals surface area contributed by atoms with Gasteiger partial charge in [-0.15, -0.1) is 0 Å². The highest BCUT2D eigenvalue weighted by atomic mass is 32.2. The first kappa shape index (κ1) is 18.3. The molecule has 0 bridgehead atoms. The molecule has 0 spiro atoms. The monoisotopic (exact) mass is 375 g/mol. The maximum Gasteiger partial charge on any atom is 0.253 e. The van der Waals surface area contributed by atoms with Gasteiger partial charge in [0.05, 0.1) is 4.90 Å². The van der Waals surface area contributed by atoms with Gasteiger partial charge in [0.15, 0.2) is 12.4 Å². The minimum atomic E-state index is -3.50. The highest BCUT2D eigenvalue weighted by Gasteiger charge is 2.23. The average molecular weight is 375 g/mol. The molecule has 2 aromatic rings. The summed E-state index contributed by atoms with van der Waals surface area (Å²) in [6.45, 7) is 4.85. The van der Waals surface area contributed by atoms with Crippen molar-refractivity contribution >= 4 is 21.6 Å². The number of sulfonamides is 1. The van der Waals surface area contributed by atoms with E-state index in [2.05, 4.69) is 14.6 Å². The molecular weight excluding hydrogens is 352 g/mol. The third-order valence-corrected chi connectivity index (χ3v) is 5.94. The zero-order valence-electron chi connectivity index (χ0n) is 14.7. The van der Waals surface area contributed by atoms with Crippen molar-refractivity contribution < 1.29 is 18.2 Å². The molecule has 2 N–H and O–H groups in total. The number of hydrogen-bond donors (Lipinski definition) is 1. The van der Waals surface area contributed by atoms with Crippen molar-refractivity contribution in [3.63, 3.8) is 0 Å². The van der Waals surface area contributed by atoms with E-state index < -0.39 is 10.0 Å². The van der Waals surface area contributed by atoms with Gasteiger partial charge in [-0.2, -0.15) is 0 Å². The summed E-state index contributed by atoms with van der Waals surface area (Å²) < 4.78 is 26.4. The molecular formula is C18H23N4O3S+. The summed E-state index contributed by atoms with van der Waals surface area (Å²) in [5.41, 5.74) is 1.64. The van der Waals surface area contributed by atoms with Crippen molar-refractivity contribution in [3.05, 3.63) is 54.4 Å². The van der Waals surface area contributed by atoms with Gasteiger partial charge in [-0.25, -0.2) is 18.1 Å². The van der Waals surface area contributed by atoms with Gasteiger partial charge in [-0.1, -0.05) is 6.92 Å². The summed E-state index contributed by atoms with van der Waals surface area (Å²) in [4.78, 5) is 19.9. The number of aromatic nitrogens is 1. The smallest absolute Gasteiger partial charge is 0.253 e. The number of carbonyl (C=O) groups is 1. The SMILES string of the molecule is CCNS(=O)(=O)c1ccc(C(=O)N2CCN(c3cc[nH+]cc3)CC2)cc1. The highest BCUT2D eigenvalue weighted by Crippen LogP contribution is 2.17. The summed E-state index contributed by atoms with van der Waals surface area (Å²) in [5.74, 6) is -0.0709. The van der Waals surface area contributed by atoms with Crippen molar-refractivity contribution in [2.45, 2.75) is 11.8 Å². The van der Waals surface area contributed by atoms with Crippen LogP contribution in [0.4, 0.5) is 5.69 Å². The molecule has 1 saturated heterocycles. The van der Waals surface area contributed by atoms with Crippen LogP contribution < -0.4 is 14.6 Å². The fraction of sp³-hybridized carbons (Fsp3) is 0.333. The van der Waals surface area contributed by atoms with E-state index in [1.165, 1.54) is 12.1 Å². The van der Waals surface area contributed by atoms with Crippen LogP contribution in [0.2, 0.25) is 0 Å². The van der Waals surface area contributed by atoms with E-state index in [0.717, 1.165) is 18.8 Å². The number of benzene rings is 1. The summed E-state index contributed by atoms with van der Waals surface area (Å²) in [6.07, 6.45) is 3.77. The van der Waals surface area contributed by atoms with Gasteiger partial charge in [-0.05, 0) is 24.3 Å². The third kappa shape index (κ3) is 4.03. The van der Waals surface area contributed by atoms with Crippen molar-refractivity contribution in [1.29, 1.82) is 0 Å². The molecule has 1 amide bonds. The minimum absolute atomic E-state index is 0.0709. The summed E-state index contributed by atoms with van der Waals surface area (Å²) in [7, 11) is -3.50. The molecule has 0 aliphatic carbocycles. The first-order chi connectivity index (χ1) is 12.5. The fourth-order valence-electron chi connectivity index (χ4n) is 2.99. The van der Waals surface area contributed by atoms with Crippen LogP contribution in [0.5, 0.6) is 0 Å². The Kier molecular flexibility index (Phi) is 5.53. The molecule has 1 aliphatic heterocycles. The number of rotatable bonds is 5. The predicted octanol–water partition coefficient (Wildman–Crippen LogP) is 0.761. The van der Waals surface area contributed by atoms with Crippen molar-refractivity contribution in [1.82, 2.24) is 9.62 Å². The van der Waals surface area contributed by atoms with Crippen LogP contribution in [0.3, 0.4) is 0 Å². The standard InChI is InChI=1S/C18H22N4O3S/c1-2-20-26(24,25)17-5-3-15(4-6-17)18(23)22-13-11-21(12-14-22)16-7-9-19-10-8-16/h3-10,20H,2,11-14H2,1H3/p+1. The molecule has 0 radical (unpaired) electrons. The Hall–Kier alpha value is -2.45. The number of nitrogens with zero attached hydrogens (tertiary/aromatic N) is 2. The van der Waals surface area contributed by atoms with E-state index in [9.17, 15) is 13.2 Å². The molecule has 3 rings (SSSR count). The first-order valence-corrected chi connectivity index (χ1v) is 10.1. The molecule has 0 atom stereocenters. The lowest BCUT2D eigenvalue weighted by molar-refractivity contribution is -0.377. The van der Waals surface area contributed by atoms with E-state index in [4.69, 9.17) is 0 Å². The molecule has 8 heteroatoms. The first-order valence-electron chi connectivity index (χ1n) is 8.61. The molecule has 1 fully saturated rings. The Bertz CT molecular complexity index is 846. The van der Waals surface area contributed by atoms with E-state index >= 15 is 0 Å². The van der Waals surface area contributed by atoms with E-state index in [1.807, 2.05) is 24.5 Å². The van der Waals surface area contributed by atoms with E-state index in [1.54, 1.807) is 24.0 Å². The predicted molar refractivity (Wildman–Crippen MR) is 98.4 cm³/mol. The molecule has 138 valence electrons. The van der Waals surface area contributed by atoms with Crippen LogP contribution in [-0.2, 0) is 10.0 Å². The largest absolute Gasteiger partial charge is 0.368 e. The number of nitrogens with one attached hydrogen (secondary N) is 2. The Morgan fingerprint density at radius 2 is 1.65 bits per heavy atom. The van der Waals surface area contributed by atoms with Crippen LogP contribution in [0.25, 0.3) is 0 Å². The maximum absolute atomic E-state index is 12.7. The zero-order valence-corrected chi connectivity index (χ0v) is 15.5. The van der Waals surface area contributed by atoms with Gasteiger partial charge in [0.2, 0.25) is 10.0 Å².